The number of aromatic amines is 1. The minimum Gasteiger partial charge on any atom is -0.399 e. The minimum absolute atomic E-state index is 0.179. The van der Waals surface area contributed by atoms with Gasteiger partial charge in [0.2, 0.25) is 5.95 Å². The third-order valence-corrected chi connectivity index (χ3v) is 4.38. The molecule has 1 saturated heterocycles. The number of rotatable bonds is 2. The third-order valence-electron chi connectivity index (χ3n) is 4.38. The van der Waals surface area contributed by atoms with E-state index in [2.05, 4.69) is 27.9 Å². The summed E-state index contributed by atoms with van der Waals surface area (Å²) < 4.78 is 0. The van der Waals surface area contributed by atoms with Crippen molar-refractivity contribution in [2.45, 2.75) is 19.8 Å². The summed E-state index contributed by atoms with van der Waals surface area (Å²) in [5, 5.41) is 0.441. The minimum atomic E-state index is -0.179. The van der Waals surface area contributed by atoms with E-state index in [1.54, 1.807) is 12.1 Å². The summed E-state index contributed by atoms with van der Waals surface area (Å²) in [4.78, 5) is 21.6. The largest absolute Gasteiger partial charge is 0.399 e. The lowest BCUT2D eigenvalue weighted by Gasteiger charge is -2.38. The van der Waals surface area contributed by atoms with Gasteiger partial charge in [0.15, 0.2) is 0 Å². The van der Waals surface area contributed by atoms with Gasteiger partial charge in [-0.2, -0.15) is 0 Å². The van der Waals surface area contributed by atoms with E-state index in [-0.39, 0.29) is 11.0 Å². The van der Waals surface area contributed by atoms with E-state index in [4.69, 9.17) is 11.5 Å². The molecular weight excluding hydrogens is 266 g/mol. The molecule has 21 heavy (non-hydrogen) atoms. The summed E-state index contributed by atoms with van der Waals surface area (Å²) in [5.74, 6) is 0.602. The van der Waals surface area contributed by atoms with Crippen molar-refractivity contribution in [3.63, 3.8) is 0 Å². The van der Waals surface area contributed by atoms with Gasteiger partial charge in [0.1, 0.15) is 0 Å². The van der Waals surface area contributed by atoms with E-state index in [0.717, 1.165) is 25.9 Å². The molecule has 1 aliphatic rings. The molecule has 1 radical (unpaired) electrons. The number of hydrogen-bond donors (Lipinski definition) is 3. The van der Waals surface area contributed by atoms with Gasteiger partial charge in [0, 0.05) is 18.8 Å². The first-order valence-electron chi connectivity index (χ1n) is 7.17. The highest BCUT2D eigenvalue weighted by molar-refractivity contribution is 5.81. The molecule has 1 aliphatic heterocycles. The number of nitrogens with one attached hydrogen (secondary N) is 1. The van der Waals surface area contributed by atoms with Gasteiger partial charge in [-0.1, -0.05) is 6.92 Å². The Morgan fingerprint density at radius 3 is 2.86 bits per heavy atom. The first-order chi connectivity index (χ1) is 10.0. The van der Waals surface area contributed by atoms with Gasteiger partial charge >= 0.3 is 0 Å². The predicted molar refractivity (Wildman–Crippen MR) is 84.2 cm³/mol. The predicted octanol–water partition coefficient (Wildman–Crippen LogP) is 0.871. The second-order valence-electron chi connectivity index (χ2n) is 6.08. The van der Waals surface area contributed by atoms with Crippen molar-refractivity contribution in [3.8, 4) is 0 Å². The van der Waals surface area contributed by atoms with Crippen molar-refractivity contribution in [3.05, 3.63) is 28.6 Å². The Morgan fingerprint density at radius 1 is 1.48 bits per heavy atom. The number of fused-ring (bicyclic) bond motifs is 1. The second kappa shape index (κ2) is 5.04. The maximum Gasteiger partial charge on any atom is 0.260 e. The van der Waals surface area contributed by atoms with Crippen LogP contribution in [0.5, 0.6) is 0 Å². The van der Waals surface area contributed by atoms with Crippen molar-refractivity contribution in [2.75, 3.05) is 30.3 Å². The van der Waals surface area contributed by atoms with Crippen LogP contribution in [-0.2, 0) is 0 Å². The van der Waals surface area contributed by atoms with Crippen molar-refractivity contribution in [1.29, 1.82) is 0 Å². The Kier molecular flexibility index (Phi) is 3.33. The molecule has 1 aromatic heterocycles. The molecule has 0 saturated carbocycles. The standard InChI is InChI=1S/C15H20N5O/c1-15(9-16)4-6-20(7-5-15)14-18-12-8-10(17)2-3-11(12)13(21)19-14/h2,8H,4-7,9,16-17H2,1H3,(H,18,19,21). The van der Waals surface area contributed by atoms with E-state index in [1.807, 2.05) is 0 Å². The zero-order valence-electron chi connectivity index (χ0n) is 12.1. The second-order valence-corrected chi connectivity index (χ2v) is 6.08. The van der Waals surface area contributed by atoms with Gasteiger partial charge < -0.3 is 16.4 Å². The Morgan fingerprint density at radius 2 is 2.19 bits per heavy atom. The average Bonchev–Trinajstić information content (AvgIpc) is 2.47. The van der Waals surface area contributed by atoms with Gasteiger partial charge in [-0.25, -0.2) is 4.98 Å². The molecule has 1 fully saturated rings. The number of piperidine rings is 1. The SMILES string of the molecule is CC1(CN)CCN(c2nc3cc(N)c[c]c3c(=O)[nH]2)CC1. The maximum atomic E-state index is 12.1. The Labute approximate surface area is 123 Å². The van der Waals surface area contributed by atoms with Crippen LogP contribution in [0.2, 0.25) is 0 Å². The molecule has 111 valence electrons. The molecule has 1 aromatic carbocycles. The lowest BCUT2D eigenvalue weighted by Crippen LogP contribution is -2.43. The van der Waals surface area contributed by atoms with Crippen LogP contribution in [-0.4, -0.2) is 29.6 Å². The topological polar surface area (TPSA) is 101 Å². The van der Waals surface area contributed by atoms with Crippen LogP contribution in [0.25, 0.3) is 10.9 Å². The maximum absolute atomic E-state index is 12.1. The van der Waals surface area contributed by atoms with Crippen molar-refractivity contribution in [2.24, 2.45) is 11.1 Å². The zero-order chi connectivity index (χ0) is 15.0. The summed E-state index contributed by atoms with van der Waals surface area (Å²) in [5.41, 5.74) is 12.7. The quantitative estimate of drug-likeness (QED) is 0.711. The first kappa shape index (κ1) is 13.9. The van der Waals surface area contributed by atoms with E-state index >= 15 is 0 Å². The number of hydrogen-bond acceptors (Lipinski definition) is 5. The summed E-state index contributed by atoms with van der Waals surface area (Å²) in [7, 11) is 0. The molecule has 5 N–H and O–H groups in total. The summed E-state index contributed by atoms with van der Waals surface area (Å²) >= 11 is 0. The number of benzene rings is 1. The van der Waals surface area contributed by atoms with E-state index in [1.165, 1.54) is 0 Å². The van der Waals surface area contributed by atoms with Crippen molar-refractivity contribution >= 4 is 22.5 Å². The molecule has 0 amide bonds. The van der Waals surface area contributed by atoms with Crippen molar-refractivity contribution in [1.82, 2.24) is 9.97 Å². The molecule has 0 atom stereocenters. The van der Waals surface area contributed by atoms with Gasteiger partial charge in [0.25, 0.3) is 5.56 Å². The summed E-state index contributed by atoms with van der Waals surface area (Å²) in [6.07, 6.45) is 1.99. The molecule has 0 aliphatic carbocycles. The first-order valence-corrected chi connectivity index (χ1v) is 7.17. The lowest BCUT2D eigenvalue weighted by atomic mass is 9.81. The molecule has 0 spiro atoms. The molecule has 6 heteroatoms. The van der Waals surface area contributed by atoms with Crippen LogP contribution < -0.4 is 21.9 Å². The highest BCUT2D eigenvalue weighted by Gasteiger charge is 2.29. The number of nitrogens with two attached hydrogens (primary N) is 2. The average molecular weight is 286 g/mol. The number of nitrogen functional groups attached to an aromatic ring is 1. The van der Waals surface area contributed by atoms with E-state index < -0.39 is 0 Å². The van der Waals surface area contributed by atoms with Crippen molar-refractivity contribution < 1.29 is 0 Å². The fourth-order valence-electron chi connectivity index (χ4n) is 2.69. The molecule has 2 aromatic rings. The highest BCUT2D eigenvalue weighted by atomic mass is 16.1. The fourth-order valence-corrected chi connectivity index (χ4v) is 2.69. The molecule has 2 heterocycles. The molecule has 3 rings (SSSR count). The monoisotopic (exact) mass is 286 g/mol. The summed E-state index contributed by atoms with van der Waals surface area (Å²) in [6, 6.07) is 6.17. The van der Waals surface area contributed by atoms with Crippen LogP contribution in [0.15, 0.2) is 16.9 Å². The fraction of sp³-hybridized carbons (Fsp3) is 0.467. The Hall–Kier alpha value is -2.08. The summed E-state index contributed by atoms with van der Waals surface area (Å²) in [6.45, 7) is 4.58. The third kappa shape index (κ3) is 2.58. The molecule has 6 nitrogen and oxygen atoms in total. The normalized spacial score (nSPS) is 18.1. The molecule has 0 bridgehead atoms. The van der Waals surface area contributed by atoms with Crippen LogP contribution in [0.4, 0.5) is 11.6 Å². The van der Waals surface area contributed by atoms with Crippen LogP contribution >= 0.6 is 0 Å². The van der Waals surface area contributed by atoms with Crippen LogP contribution in [0.1, 0.15) is 19.8 Å². The Balaban J connectivity index is 1.93. The van der Waals surface area contributed by atoms with Gasteiger partial charge in [-0.05, 0) is 43.0 Å². The van der Waals surface area contributed by atoms with Crippen LogP contribution in [0, 0.1) is 11.5 Å². The molecular formula is C15H20N5O. The van der Waals surface area contributed by atoms with Gasteiger partial charge in [0.05, 0.1) is 10.9 Å². The number of aromatic nitrogens is 2. The lowest BCUT2D eigenvalue weighted by molar-refractivity contribution is 0.257. The van der Waals surface area contributed by atoms with Gasteiger partial charge in [-0.3, -0.25) is 9.78 Å². The van der Waals surface area contributed by atoms with E-state index in [9.17, 15) is 4.79 Å². The number of anilines is 2. The number of H-pyrrole nitrogens is 1. The zero-order valence-corrected chi connectivity index (χ0v) is 12.1. The molecule has 0 unspecified atom stereocenters. The van der Waals surface area contributed by atoms with E-state index in [0.29, 0.717) is 29.1 Å². The Bertz CT molecular complexity index is 716. The van der Waals surface area contributed by atoms with Crippen LogP contribution in [0.3, 0.4) is 0 Å². The number of nitrogens with zero attached hydrogens (tertiary/aromatic N) is 2. The highest BCUT2D eigenvalue weighted by Crippen LogP contribution is 2.30. The smallest absolute Gasteiger partial charge is 0.260 e. The van der Waals surface area contributed by atoms with Gasteiger partial charge in [-0.15, -0.1) is 0 Å².